The number of benzene rings is 2. The molecule has 43 heavy (non-hydrogen) atoms. The van der Waals surface area contributed by atoms with Gasteiger partial charge in [-0.15, -0.1) is 0 Å². The van der Waals surface area contributed by atoms with Crippen molar-refractivity contribution in [2.24, 2.45) is 0 Å². The minimum absolute atomic E-state index is 0.000274. The first-order valence-corrected chi connectivity index (χ1v) is 15.5. The van der Waals surface area contributed by atoms with Crippen molar-refractivity contribution >= 4 is 17.6 Å². The van der Waals surface area contributed by atoms with E-state index in [4.69, 9.17) is 24.1 Å². The first kappa shape index (κ1) is 31.6. The van der Waals surface area contributed by atoms with E-state index >= 15 is 0 Å². The Morgan fingerprint density at radius 1 is 0.860 bits per heavy atom. The van der Waals surface area contributed by atoms with Gasteiger partial charge < -0.3 is 39.4 Å². The molecule has 1 spiro atoms. The van der Waals surface area contributed by atoms with Gasteiger partial charge in [0.1, 0.15) is 0 Å². The molecule has 0 aromatic heterocycles. The molecule has 10 nitrogen and oxygen atoms in total. The molecule has 2 aromatic carbocycles. The first-order valence-electron chi connectivity index (χ1n) is 15.5. The predicted octanol–water partition coefficient (Wildman–Crippen LogP) is 4.93. The maximum Gasteiger partial charge on any atom is 0.303 e. The molecule has 0 radical (unpaired) electrons. The van der Waals surface area contributed by atoms with Crippen LogP contribution in [-0.2, 0) is 35.1 Å². The standard InChI is InChI=1S/C33H44N2O8/c36-23-24-7-9-25(10-8-24)29-21-28(22-35-17-15-33(16-18-35)40-19-20-41-33)42-32(43-29)26-11-13-27(14-12-26)34-30(37)5-3-1-2-4-6-31(38)39/h7-14,28-29,32,36H,1-6,15-23H2,(H,34,37)(H,38,39). The van der Waals surface area contributed by atoms with Crippen molar-refractivity contribution in [3.63, 3.8) is 0 Å². The topological polar surface area (TPSA) is 127 Å². The Morgan fingerprint density at radius 2 is 1.51 bits per heavy atom. The predicted molar refractivity (Wildman–Crippen MR) is 159 cm³/mol. The highest BCUT2D eigenvalue weighted by Gasteiger charge is 2.41. The van der Waals surface area contributed by atoms with Crippen LogP contribution in [-0.4, -0.2) is 71.7 Å². The maximum atomic E-state index is 12.4. The second-order valence-electron chi connectivity index (χ2n) is 11.7. The molecule has 10 heteroatoms. The highest BCUT2D eigenvalue weighted by atomic mass is 16.7. The minimum Gasteiger partial charge on any atom is -0.481 e. The number of piperidine rings is 1. The third kappa shape index (κ3) is 9.07. The van der Waals surface area contributed by atoms with E-state index in [1.54, 1.807) is 0 Å². The van der Waals surface area contributed by atoms with Crippen LogP contribution in [0.4, 0.5) is 5.69 Å². The van der Waals surface area contributed by atoms with Crippen LogP contribution in [0.25, 0.3) is 0 Å². The number of carbonyl (C=O) groups excluding carboxylic acids is 1. The minimum atomic E-state index is -0.780. The van der Waals surface area contributed by atoms with Crippen LogP contribution < -0.4 is 5.32 Å². The first-order chi connectivity index (χ1) is 20.9. The van der Waals surface area contributed by atoms with Crippen molar-refractivity contribution in [2.45, 2.75) is 88.7 Å². The fourth-order valence-corrected chi connectivity index (χ4v) is 6.05. The van der Waals surface area contributed by atoms with E-state index in [1.807, 2.05) is 48.5 Å². The number of ether oxygens (including phenoxy) is 4. The molecule has 1 amide bonds. The highest BCUT2D eigenvalue weighted by Crippen LogP contribution is 2.39. The number of carboxylic acids is 1. The van der Waals surface area contributed by atoms with Crippen molar-refractivity contribution in [3.8, 4) is 0 Å². The maximum absolute atomic E-state index is 12.4. The highest BCUT2D eigenvalue weighted by molar-refractivity contribution is 5.90. The lowest BCUT2D eigenvalue weighted by atomic mass is 9.98. The number of aliphatic hydroxyl groups is 1. The Morgan fingerprint density at radius 3 is 2.16 bits per heavy atom. The van der Waals surface area contributed by atoms with Gasteiger partial charge in [0, 0.05) is 63.0 Å². The van der Waals surface area contributed by atoms with Crippen LogP contribution in [0.2, 0.25) is 0 Å². The van der Waals surface area contributed by atoms with Gasteiger partial charge in [0.25, 0.3) is 0 Å². The van der Waals surface area contributed by atoms with E-state index in [2.05, 4.69) is 10.2 Å². The third-order valence-corrected chi connectivity index (χ3v) is 8.52. The SMILES string of the molecule is O=C(O)CCCCCCC(=O)Nc1ccc(C2OC(CN3CCC4(CC3)OCCO4)CC(c3ccc(CO)cc3)O2)cc1. The Hall–Kier alpha value is -2.86. The number of aliphatic hydroxyl groups excluding tert-OH is 1. The van der Waals surface area contributed by atoms with Gasteiger partial charge in [0.05, 0.1) is 32.0 Å². The summed E-state index contributed by atoms with van der Waals surface area (Å²) < 4.78 is 24.8. The normalized spacial score (nSPS) is 23.8. The van der Waals surface area contributed by atoms with Crippen molar-refractivity contribution < 1.29 is 38.7 Å². The average molecular weight is 597 g/mol. The second kappa shape index (κ2) is 15.2. The zero-order chi connectivity index (χ0) is 30.1. The molecule has 3 fully saturated rings. The van der Waals surface area contributed by atoms with Gasteiger partial charge in [-0.25, -0.2) is 0 Å². The molecular formula is C33H44N2O8. The van der Waals surface area contributed by atoms with Gasteiger partial charge in [0.15, 0.2) is 12.1 Å². The fraction of sp³-hybridized carbons (Fsp3) is 0.576. The molecule has 0 bridgehead atoms. The number of aliphatic carboxylic acids is 1. The van der Waals surface area contributed by atoms with Gasteiger partial charge in [-0.1, -0.05) is 49.2 Å². The third-order valence-electron chi connectivity index (χ3n) is 8.52. The molecule has 2 aromatic rings. The zero-order valence-corrected chi connectivity index (χ0v) is 24.7. The molecular weight excluding hydrogens is 552 g/mol. The largest absolute Gasteiger partial charge is 0.481 e. The number of nitrogens with one attached hydrogen (secondary N) is 1. The van der Waals surface area contributed by atoms with Crippen molar-refractivity contribution in [2.75, 3.05) is 38.2 Å². The number of hydrogen-bond donors (Lipinski definition) is 3. The monoisotopic (exact) mass is 596 g/mol. The van der Waals surface area contributed by atoms with Crippen LogP contribution in [0.5, 0.6) is 0 Å². The molecule has 234 valence electrons. The molecule has 0 saturated carbocycles. The summed E-state index contributed by atoms with van der Waals surface area (Å²) in [4.78, 5) is 25.4. The van der Waals surface area contributed by atoms with Crippen molar-refractivity contribution in [1.82, 2.24) is 4.90 Å². The second-order valence-corrected chi connectivity index (χ2v) is 11.7. The Kier molecular flexibility index (Phi) is 11.2. The fourth-order valence-electron chi connectivity index (χ4n) is 6.05. The van der Waals surface area contributed by atoms with Gasteiger partial charge in [-0.2, -0.15) is 0 Å². The van der Waals surface area contributed by atoms with E-state index < -0.39 is 18.0 Å². The van der Waals surface area contributed by atoms with Crippen molar-refractivity contribution in [3.05, 3.63) is 65.2 Å². The van der Waals surface area contributed by atoms with Gasteiger partial charge in [0.2, 0.25) is 5.91 Å². The van der Waals surface area contributed by atoms with Crippen molar-refractivity contribution in [1.29, 1.82) is 0 Å². The number of likely N-dealkylation sites (tertiary alicyclic amines) is 1. The van der Waals surface area contributed by atoms with E-state index in [0.29, 0.717) is 38.2 Å². The molecule has 3 aliphatic heterocycles. The summed E-state index contributed by atoms with van der Waals surface area (Å²) in [7, 11) is 0. The molecule has 5 rings (SSSR count). The lowest BCUT2D eigenvalue weighted by Gasteiger charge is -2.41. The summed E-state index contributed by atoms with van der Waals surface area (Å²) in [5, 5.41) is 21.2. The zero-order valence-electron chi connectivity index (χ0n) is 24.7. The smallest absolute Gasteiger partial charge is 0.303 e. The molecule has 0 aliphatic carbocycles. The van der Waals surface area contributed by atoms with E-state index in [-0.39, 0.29) is 31.1 Å². The molecule has 3 atom stereocenters. The number of rotatable bonds is 13. The number of unbranched alkanes of at least 4 members (excludes halogenated alkanes) is 3. The number of amides is 1. The van der Waals surface area contributed by atoms with Crippen LogP contribution in [0, 0.1) is 0 Å². The molecule has 3 unspecified atom stereocenters. The lowest BCUT2D eigenvalue weighted by molar-refractivity contribution is -0.255. The summed E-state index contributed by atoms with van der Waals surface area (Å²) in [5.41, 5.74) is 3.50. The molecule has 3 aliphatic rings. The summed E-state index contributed by atoms with van der Waals surface area (Å²) in [6.45, 7) is 3.89. The Balaban J connectivity index is 1.18. The number of carbonyl (C=O) groups is 2. The summed E-state index contributed by atoms with van der Waals surface area (Å²) >= 11 is 0. The van der Waals surface area contributed by atoms with E-state index in [1.165, 1.54) is 0 Å². The number of nitrogens with zero attached hydrogens (tertiary/aromatic N) is 1. The summed E-state index contributed by atoms with van der Waals surface area (Å²) in [6, 6.07) is 15.5. The Bertz CT molecular complexity index is 1170. The average Bonchev–Trinajstić information content (AvgIpc) is 3.48. The number of hydrogen-bond acceptors (Lipinski definition) is 8. The summed E-state index contributed by atoms with van der Waals surface area (Å²) in [5.74, 6) is -1.25. The lowest BCUT2D eigenvalue weighted by Crippen LogP contribution is -2.48. The van der Waals surface area contributed by atoms with Gasteiger partial charge in [-0.05, 0) is 36.1 Å². The van der Waals surface area contributed by atoms with E-state index in [0.717, 1.165) is 68.4 Å². The molecule has 3 N–H and O–H groups in total. The van der Waals surface area contributed by atoms with Crippen LogP contribution in [0.3, 0.4) is 0 Å². The molecule has 3 saturated heterocycles. The van der Waals surface area contributed by atoms with Gasteiger partial charge in [-0.3, -0.25) is 9.59 Å². The summed E-state index contributed by atoms with van der Waals surface area (Å²) in [6.07, 6.45) is 5.24. The quantitative estimate of drug-likeness (QED) is 0.276. The number of carboxylic acid groups (broad SMARTS) is 1. The van der Waals surface area contributed by atoms with Crippen LogP contribution in [0.1, 0.15) is 86.9 Å². The molecule has 3 heterocycles. The number of anilines is 1. The van der Waals surface area contributed by atoms with Crippen LogP contribution in [0.15, 0.2) is 48.5 Å². The van der Waals surface area contributed by atoms with E-state index in [9.17, 15) is 14.7 Å². The Labute approximate surface area is 253 Å². The van der Waals surface area contributed by atoms with Gasteiger partial charge >= 0.3 is 5.97 Å². The van der Waals surface area contributed by atoms with Crippen LogP contribution >= 0.6 is 0 Å².